The highest BCUT2D eigenvalue weighted by Crippen LogP contribution is 2.09. The summed E-state index contributed by atoms with van der Waals surface area (Å²) in [7, 11) is -3.36. The van der Waals surface area contributed by atoms with Gasteiger partial charge in [0.05, 0.1) is 4.90 Å². The molecule has 3 nitrogen and oxygen atoms in total. The average Bonchev–Trinajstić information content (AvgIpc) is 2.38. The summed E-state index contributed by atoms with van der Waals surface area (Å²) in [4.78, 5) is 0.324. The summed E-state index contributed by atoms with van der Waals surface area (Å²) >= 11 is 0. The van der Waals surface area contributed by atoms with Gasteiger partial charge in [0.15, 0.2) is 0 Å². The van der Waals surface area contributed by atoms with E-state index in [1.807, 2.05) is 19.1 Å². The number of benzene rings is 1. The summed E-state index contributed by atoms with van der Waals surface area (Å²) in [6.45, 7) is 5.99. The third-order valence-electron chi connectivity index (χ3n) is 2.69. The lowest BCUT2D eigenvalue weighted by Gasteiger charge is -2.06. The number of nitrogens with one attached hydrogen (secondary N) is 1. The fourth-order valence-electron chi connectivity index (χ4n) is 1.59. The van der Waals surface area contributed by atoms with E-state index in [1.165, 1.54) is 0 Å². The predicted octanol–water partition coefficient (Wildman–Crippen LogP) is 3.19. The smallest absolute Gasteiger partial charge is 0.211 e. The zero-order chi connectivity index (χ0) is 14.1. The summed E-state index contributed by atoms with van der Waals surface area (Å²) in [6.07, 6.45) is 8.39. The van der Waals surface area contributed by atoms with Crippen LogP contribution in [0.4, 0.5) is 0 Å². The molecule has 0 unspecified atom stereocenters. The minimum atomic E-state index is -3.36. The molecule has 0 aliphatic carbocycles. The van der Waals surface area contributed by atoms with Crippen LogP contribution >= 0.6 is 0 Å². The maximum Gasteiger partial charge on any atom is 0.240 e. The summed E-state index contributed by atoms with van der Waals surface area (Å²) in [5.74, 6) is 0. The van der Waals surface area contributed by atoms with E-state index in [-0.39, 0.29) is 0 Å². The van der Waals surface area contributed by atoms with Crippen molar-refractivity contribution < 1.29 is 8.42 Å². The summed E-state index contributed by atoms with van der Waals surface area (Å²) in [6, 6.07) is 6.86. The molecule has 0 saturated carbocycles. The van der Waals surface area contributed by atoms with Crippen molar-refractivity contribution >= 4 is 10.0 Å². The molecule has 104 valence electrons. The highest BCUT2D eigenvalue weighted by atomic mass is 32.2. The molecule has 0 aliphatic rings. The first kappa shape index (κ1) is 15.7. The second-order valence-corrected chi connectivity index (χ2v) is 6.14. The monoisotopic (exact) mass is 279 g/mol. The average molecular weight is 279 g/mol. The Balaban J connectivity index is 2.37. The summed E-state index contributed by atoms with van der Waals surface area (Å²) in [5.41, 5.74) is 1.05. The number of aryl methyl sites for hydroxylation is 1. The first-order chi connectivity index (χ1) is 9.06. The van der Waals surface area contributed by atoms with Gasteiger partial charge in [-0.1, -0.05) is 42.5 Å². The molecule has 1 N–H and O–H groups in total. The van der Waals surface area contributed by atoms with Gasteiger partial charge >= 0.3 is 0 Å². The standard InChI is InChI=1S/C15H21NO2S/c1-3-4-5-6-7-8-13-16-19(17,18)15-11-9-14(2)10-12-15/h3-5,9-12,16H,1,6-8,13H2,2H3/b5-4+. The van der Waals surface area contributed by atoms with Crippen molar-refractivity contribution in [3.05, 3.63) is 54.6 Å². The Morgan fingerprint density at radius 2 is 1.89 bits per heavy atom. The molecule has 1 rings (SSSR count). The van der Waals surface area contributed by atoms with E-state index in [2.05, 4.69) is 11.3 Å². The molecule has 0 saturated heterocycles. The van der Waals surface area contributed by atoms with Gasteiger partial charge in [0.1, 0.15) is 0 Å². The van der Waals surface area contributed by atoms with Gasteiger partial charge in [-0.25, -0.2) is 13.1 Å². The Kier molecular flexibility index (Phi) is 6.53. The van der Waals surface area contributed by atoms with Gasteiger partial charge in [-0.3, -0.25) is 0 Å². The highest BCUT2D eigenvalue weighted by molar-refractivity contribution is 7.89. The number of sulfonamides is 1. The molecular weight excluding hydrogens is 258 g/mol. The first-order valence-corrected chi connectivity index (χ1v) is 7.88. The van der Waals surface area contributed by atoms with Gasteiger partial charge in [0.25, 0.3) is 0 Å². The quantitative estimate of drug-likeness (QED) is 0.587. The largest absolute Gasteiger partial charge is 0.240 e. The second kappa shape index (κ2) is 7.92. The van der Waals surface area contributed by atoms with E-state index in [0.717, 1.165) is 24.8 Å². The van der Waals surface area contributed by atoms with E-state index < -0.39 is 10.0 Å². The van der Waals surface area contributed by atoms with Crippen LogP contribution in [0.5, 0.6) is 0 Å². The van der Waals surface area contributed by atoms with E-state index in [9.17, 15) is 8.42 Å². The fraction of sp³-hybridized carbons (Fsp3) is 0.333. The predicted molar refractivity (Wildman–Crippen MR) is 79.6 cm³/mol. The zero-order valence-corrected chi connectivity index (χ0v) is 12.1. The van der Waals surface area contributed by atoms with Crippen molar-refractivity contribution in [2.45, 2.75) is 31.1 Å². The Morgan fingerprint density at radius 3 is 2.53 bits per heavy atom. The van der Waals surface area contributed by atoms with Gasteiger partial charge in [-0.15, -0.1) is 0 Å². The van der Waals surface area contributed by atoms with Crippen molar-refractivity contribution in [3.63, 3.8) is 0 Å². The van der Waals surface area contributed by atoms with Crippen LogP contribution in [0.2, 0.25) is 0 Å². The molecule has 0 amide bonds. The number of hydrogen-bond acceptors (Lipinski definition) is 2. The normalized spacial score (nSPS) is 11.8. The molecule has 0 atom stereocenters. The molecule has 0 aromatic heterocycles. The Bertz CT molecular complexity index is 516. The maximum atomic E-state index is 11.9. The lowest BCUT2D eigenvalue weighted by molar-refractivity contribution is 0.577. The number of allylic oxidation sites excluding steroid dienone is 3. The topological polar surface area (TPSA) is 46.2 Å². The third-order valence-corrected chi connectivity index (χ3v) is 4.17. The van der Waals surface area contributed by atoms with Gasteiger partial charge in [-0.2, -0.15) is 0 Å². The van der Waals surface area contributed by atoms with Crippen LogP contribution in [0.1, 0.15) is 24.8 Å². The highest BCUT2D eigenvalue weighted by Gasteiger charge is 2.11. The van der Waals surface area contributed by atoms with Gasteiger partial charge in [-0.05, 0) is 38.3 Å². The molecule has 0 radical (unpaired) electrons. The minimum Gasteiger partial charge on any atom is -0.211 e. The Hall–Kier alpha value is -1.39. The van der Waals surface area contributed by atoms with Crippen molar-refractivity contribution in [2.75, 3.05) is 6.54 Å². The maximum absolute atomic E-state index is 11.9. The van der Waals surface area contributed by atoms with E-state index >= 15 is 0 Å². The molecule has 4 heteroatoms. The number of unbranched alkanes of at least 4 members (excludes halogenated alkanes) is 2. The van der Waals surface area contributed by atoms with Gasteiger partial charge in [0.2, 0.25) is 10.0 Å². The van der Waals surface area contributed by atoms with Crippen molar-refractivity contribution in [1.29, 1.82) is 0 Å². The SMILES string of the molecule is C=C/C=C/CCCCNS(=O)(=O)c1ccc(C)cc1. The van der Waals surface area contributed by atoms with Crippen molar-refractivity contribution in [3.8, 4) is 0 Å². The molecule has 1 aromatic carbocycles. The minimum absolute atomic E-state index is 0.324. The Labute approximate surface area is 116 Å². The lowest BCUT2D eigenvalue weighted by atomic mass is 10.2. The molecule has 19 heavy (non-hydrogen) atoms. The van der Waals surface area contributed by atoms with Crippen LogP contribution in [0.3, 0.4) is 0 Å². The second-order valence-electron chi connectivity index (χ2n) is 4.37. The molecule has 0 spiro atoms. The molecule has 0 fully saturated rings. The lowest BCUT2D eigenvalue weighted by Crippen LogP contribution is -2.24. The van der Waals surface area contributed by atoms with Crippen LogP contribution < -0.4 is 4.72 Å². The summed E-state index contributed by atoms with van der Waals surface area (Å²) in [5, 5.41) is 0. The van der Waals surface area contributed by atoms with E-state index in [1.54, 1.807) is 30.3 Å². The summed E-state index contributed by atoms with van der Waals surface area (Å²) < 4.78 is 26.5. The molecule has 0 aliphatic heterocycles. The molecule has 1 aromatic rings. The molecular formula is C15H21NO2S. The van der Waals surface area contributed by atoms with Gasteiger partial charge < -0.3 is 0 Å². The molecule has 0 heterocycles. The van der Waals surface area contributed by atoms with E-state index in [4.69, 9.17) is 0 Å². The first-order valence-electron chi connectivity index (χ1n) is 6.40. The zero-order valence-electron chi connectivity index (χ0n) is 11.3. The van der Waals surface area contributed by atoms with Gasteiger partial charge in [0, 0.05) is 6.54 Å². The van der Waals surface area contributed by atoms with Crippen LogP contribution in [-0.2, 0) is 10.0 Å². The number of hydrogen-bond donors (Lipinski definition) is 1. The Morgan fingerprint density at radius 1 is 1.21 bits per heavy atom. The van der Waals surface area contributed by atoms with E-state index in [0.29, 0.717) is 11.4 Å². The van der Waals surface area contributed by atoms with Crippen molar-refractivity contribution in [1.82, 2.24) is 4.72 Å². The number of rotatable bonds is 8. The van der Waals surface area contributed by atoms with Crippen LogP contribution in [0.15, 0.2) is 54.0 Å². The van der Waals surface area contributed by atoms with Crippen molar-refractivity contribution in [2.24, 2.45) is 0 Å². The van der Waals surface area contributed by atoms with Crippen LogP contribution in [0.25, 0.3) is 0 Å². The third kappa shape index (κ3) is 5.85. The molecule has 0 bridgehead atoms. The fourth-order valence-corrected chi connectivity index (χ4v) is 2.66. The van der Waals surface area contributed by atoms with Crippen LogP contribution in [-0.4, -0.2) is 15.0 Å². The van der Waals surface area contributed by atoms with Crippen LogP contribution in [0, 0.1) is 6.92 Å².